The van der Waals surface area contributed by atoms with Crippen LogP contribution in [0.25, 0.3) is 0 Å². The largest absolute Gasteiger partial charge is 0.443 e. The maximum absolute atomic E-state index is 14.7. The van der Waals surface area contributed by atoms with Crippen LogP contribution >= 0.6 is 0 Å². The van der Waals surface area contributed by atoms with Crippen molar-refractivity contribution in [3.8, 4) is 0 Å². The average Bonchev–Trinajstić information content (AvgIpc) is 3.18. The summed E-state index contributed by atoms with van der Waals surface area (Å²) < 4.78 is 25.5. The average molecular weight is 444 g/mol. The van der Waals surface area contributed by atoms with Gasteiger partial charge in [0.25, 0.3) is 5.69 Å². The van der Waals surface area contributed by atoms with E-state index in [2.05, 4.69) is 5.32 Å². The second-order valence-corrected chi connectivity index (χ2v) is 7.83. The standard InChI is InChI=1S/C22H25FN4O5/c1-15(16-3-2-4-18(11-16)27(29)30)24-13-19-14-26(22(28)32-19)17-5-6-21(20(23)12-17)25-7-9-31-10-8-25/h2-6,11-12,15,19,24H,7-10,13-14H2,1H3/t15-,19-/m0/s1. The highest BCUT2D eigenvalue weighted by molar-refractivity contribution is 5.90. The first-order chi connectivity index (χ1) is 15.4. The highest BCUT2D eigenvalue weighted by Gasteiger charge is 2.33. The summed E-state index contributed by atoms with van der Waals surface area (Å²) in [5, 5.41) is 14.2. The van der Waals surface area contributed by atoms with Gasteiger partial charge in [-0.25, -0.2) is 9.18 Å². The van der Waals surface area contributed by atoms with E-state index >= 15 is 0 Å². The zero-order chi connectivity index (χ0) is 22.7. The van der Waals surface area contributed by atoms with Gasteiger partial charge in [0, 0.05) is 37.8 Å². The molecule has 170 valence electrons. The molecule has 2 atom stereocenters. The number of ether oxygens (including phenoxy) is 2. The number of halogens is 1. The van der Waals surface area contributed by atoms with Crippen LogP contribution in [0.3, 0.4) is 0 Å². The van der Waals surface area contributed by atoms with Gasteiger partial charge in [-0.05, 0) is 30.7 Å². The summed E-state index contributed by atoms with van der Waals surface area (Å²) in [5.41, 5.74) is 1.73. The summed E-state index contributed by atoms with van der Waals surface area (Å²) in [6.45, 7) is 4.89. The molecular formula is C22H25FN4O5. The van der Waals surface area contributed by atoms with Crippen molar-refractivity contribution < 1.29 is 23.6 Å². The molecule has 2 aromatic rings. The Kier molecular flexibility index (Phi) is 6.52. The molecule has 9 nitrogen and oxygen atoms in total. The van der Waals surface area contributed by atoms with Crippen molar-refractivity contribution in [1.29, 1.82) is 0 Å². The minimum Gasteiger partial charge on any atom is -0.443 e. The molecule has 2 heterocycles. The van der Waals surface area contributed by atoms with E-state index in [1.807, 2.05) is 11.8 Å². The van der Waals surface area contributed by atoms with Crippen molar-refractivity contribution in [3.05, 3.63) is 64.0 Å². The van der Waals surface area contributed by atoms with Crippen LogP contribution in [0.4, 0.5) is 26.2 Å². The van der Waals surface area contributed by atoms with Crippen LogP contribution in [0.5, 0.6) is 0 Å². The van der Waals surface area contributed by atoms with Gasteiger partial charge in [0.1, 0.15) is 11.9 Å². The van der Waals surface area contributed by atoms with E-state index in [0.29, 0.717) is 44.2 Å². The number of non-ortho nitro benzene ring substituents is 1. The van der Waals surface area contributed by atoms with Gasteiger partial charge in [0.15, 0.2) is 0 Å². The number of anilines is 2. The third kappa shape index (κ3) is 4.81. The number of hydrogen-bond donors (Lipinski definition) is 1. The third-order valence-electron chi connectivity index (χ3n) is 5.70. The van der Waals surface area contributed by atoms with E-state index < -0.39 is 22.9 Å². The predicted molar refractivity (Wildman–Crippen MR) is 117 cm³/mol. The number of cyclic esters (lactones) is 1. The van der Waals surface area contributed by atoms with Crippen LogP contribution in [-0.4, -0.2) is 56.5 Å². The fraction of sp³-hybridized carbons (Fsp3) is 0.409. The van der Waals surface area contributed by atoms with E-state index in [0.717, 1.165) is 5.56 Å². The fourth-order valence-electron chi connectivity index (χ4n) is 3.90. The summed E-state index contributed by atoms with van der Waals surface area (Å²) in [7, 11) is 0. The van der Waals surface area contributed by atoms with Gasteiger partial charge in [-0.1, -0.05) is 12.1 Å². The number of benzene rings is 2. The van der Waals surface area contributed by atoms with E-state index in [1.165, 1.54) is 23.1 Å². The molecule has 1 N–H and O–H groups in total. The summed E-state index contributed by atoms with van der Waals surface area (Å²) >= 11 is 0. The minimum atomic E-state index is -0.529. The smallest absolute Gasteiger partial charge is 0.414 e. The van der Waals surface area contributed by atoms with E-state index in [1.54, 1.807) is 24.3 Å². The van der Waals surface area contributed by atoms with Crippen LogP contribution in [0, 0.1) is 15.9 Å². The van der Waals surface area contributed by atoms with Crippen molar-refractivity contribution in [2.75, 3.05) is 49.2 Å². The number of amides is 1. The molecule has 1 amide bonds. The quantitative estimate of drug-likeness (QED) is 0.517. The first-order valence-electron chi connectivity index (χ1n) is 10.5. The van der Waals surface area contributed by atoms with Gasteiger partial charge in [-0.2, -0.15) is 0 Å². The maximum Gasteiger partial charge on any atom is 0.414 e. The maximum atomic E-state index is 14.7. The Labute approximate surface area is 184 Å². The van der Waals surface area contributed by atoms with Crippen LogP contribution in [-0.2, 0) is 9.47 Å². The lowest BCUT2D eigenvalue weighted by Crippen LogP contribution is -2.36. The SMILES string of the molecule is C[C@H](NC[C@H]1CN(c2ccc(N3CCOCC3)c(F)c2)C(=O)O1)c1cccc([N+](=O)[O-])c1. The first kappa shape index (κ1) is 22.0. The Morgan fingerprint density at radius 1 is 1.25 bits per heavy atom. The predicted octanol–water partition coefficient (Wildman–Crippen LogP) is 3.25. The number of morpholine rings is 1. The number of nitro groups is 1. The Bertz CT molecular complexity index is 998. The lowest BCUT2D eigenvalue weighted by Gasteiger charge is -2.29. The molecule has 0 saturated carbocycles. The number of rotatable bonds is 7. The van der Waals surface area contributed by atoms with Crippen molar-refractivity contribution in [2.45, 2.75) is 19.1 Å². The Morgan fingerprint density at radius 2 is 2.03 bits per heavy atom. The molecule has 0 radical (unpaired) electrons. The van der Waals surface area contributed by atoms with Crippen molar-refractivity contribution in [3.63, 3.8) is 0 Å². The van der Waals surface area contributed by atoms with Crippen molar-refractivity contribution in [2.24, 2.45) is 0 Å². The van der Waals surface area contributed by atoms with Crippen LogP contribution < -0.4 is 15.1 Å². The molecule has 2 aromatic carbocycles. The zero-order valence-corrected chi connectivity index (χ0v) is 17.7. The zero-order valence-electron chi connectivity index (χ0n) is 17.7. The molecule has 2 aliphatic rings. The summed E-state index contributed by atoms with van der Waals surface area (Å²) in [6, 6.07) is 11.0. The van der Waals surface area contributed by atoms with Crippen LogP contribution in [0.2, 0.25) is 0 Å². The number of carbonyl (C=O) groups is 1. The topological polar surface area (TPSA) is 97.2 Å². The molecule has 32 heavy (non-hydrogen) atoms. The highest BCUT2D eigenvalue weighted by Crippen LogP contribution is 2.28. The molecule has 2 aliphatic heterocycles. The number of nitrogens with one attached hydrogen (secondary N) is 1. The fourth-order valence-corrected chi connectivity index (χ4v) is 3.90. The summed E-state index contributed by atoms with van der Waals surface area (Å²) in [6.07, 6.45) is -0.955. The van der Waals surface area contributed by atoms with Gasteiger partial charge in [0.05, 0.1) is 36.1 Å². The number of carbonyl (C=O) groups excluding carboxylic acids is 1. The number of hydrogen-bond acceptors (Lipinski definition) is 7. The molecular weight excluding hydrogens is 419 g/mol. The van der Waals surface area contributed by atoms with Gasteiger partial charge < -0.3 is 19.7 Å². The lowest BCUT2D eigenvalue weighted by molar-refractivity contribution is -0.384. The summed E-state index contributed by atoms with van der Waals surface area (Å²) in [5.74, 6) is -0.391. The number of nitro benzene ring substituents is 1. The molecule has 4 rings (SSSR count). The molecule has 0 unspecified atom stereocenters. The lowest BCUT2D eigenvalue weighted by atomic mass is 10.1. The van der Waals surface area contributed by atoms with E-state index in [-0.39, 0.29) is 18.3 Å². The Morgan fingerprint density at radius 3 is 2.75 bits per heavy atom. The molecule has 0 spiro atoms. The van der Waals surface area contributed by atoms with E-state index in [9.17, 15) is 19.3 Å². The van der Waals surface area contributed by atoms with Gasteiger partial charge in [-0.3, -0.25) is 15.0 Å². The van der Waals surface area contributed by atoms with Crippen LogP contribution in [0.15, 0.2) is 42.5 Å². The minimum absolute atomic E-state index is 0.0252. The molecule has 2 saturated heterocycles. The van der Waals surface area contributed by atoms with Crippen molar-refractivity contribution in [1.82, 2.24) is 5.32 Å². The second kappa shape index (κ2) is 9.49. The van der Waals surface area contributed by atoms with Gasteiger partial charge >= 0.3 is 6.09 Å². The number of nitrogens with zero attached hydrogens (tertiary/aromatic N) is 3. The summed E-state index contributed by atoms with van der Waals surface area (Å²) in [4.78, 5) is 26.2. The van der Waals surface area contributed by atoms with Crippen molar-refractivity contribution >= 4 is 23.2 Å². The molecule has 2 fully saturated rings. The molecule has 10 heteroatoms. The molecule has 0 bridgehead atoms. The van der Waals surface area contributed by atoms with Gasteiger partial charge in [-0.15, -0.1) is 0 Å². The normalized spacial score (nSPS) is 19.7. The third-order valence-corrected chi connectivity index (χ3v) is 5.70. The Balaban J connectivity index is 1.36. The van der Waals surface area contributed by atoms with E-state index in [4.69, 9.17) is 9.47 Å². The molecule has 0 aliphatic carbocycles. The molecule has 0 aromatic heterocycles. The first-order valence-corrected chi connectivity index (χ1v) is 10.5. The monoisotopic (exact) mass is 444 g/mol. The second-order valence-electron chi connectivity index (χ2n) is 7.83. The van der Waals surface area contributed by atoms with Crippen LogP contribution in [0.1, 0.15) is 18.5 Å². The van der Waals surface area contributed by atoms with Gasteiger partial charge in [0.2, 0.25) is 0 Å². The highest BCUT2D eigenvalue weighted by atomic mass is 19.1. The Hall–Kier alpha value is -3.24.